The topological polar surface area (TPSA) is 88.3 Å². The third-order valence-corrected chi connectivity index (χ3v) is 3.57. The summed E-state index contributed by atoms with van der Waals surface area (Å²) < 4.78 is 0. The van der Waals surface area contributed by atoms with Gasteiger partial charge in [0.25, 0.3) is 5.91 Å². The van der Waals surface area contributed by atoms with E-state index in [1.165, 1.54) is 0 Å². The van der Waals surface area contributed by atoms with Crippen molar-refractivity contribution in [1.29, 1.82) is 0 Å². The van der Waals surface area contributed by atoms with Gasteiger partial charge in [0.2, 0.25) is 5.91 Å². The number of pyridine rings is 1. The lowest BCUT2D eigenvalue weighted by Gasteiger charge is -2.20. The molecule has 1 aromatic carbocycles. The Morgan fingerprint density at radius 2 is 2.10 bits per heavy atom. The highest BCUT2D eigenvalue weighted by Gasteiger charge is 2.21. The molecule has 0 spiro atoms. The Hall–Kier alpha value is -2.63. The van der Waals surface area contributed by atoms with Crippen LogP contribution >= 0.6 is 0 Å². The predicted octanol–water partition coefficient (Wildman–Crippen LogP) is 0.779. The number of nitrogens with zero attached hydrogens (tertiary/aromatic N) is 2. The maximum Gasteiger partial charge on any atom is 0.254 e. The Morgan fingerprint density at radius 3 is 2.95 bits per heavy atom. The molecule has 2 amide bonds. The average Bonchev–Trinajstić information content (AvgIpc) is 2.70. The SMILES string of the molecule is Nc1cc(C(=O)N2CCNC(=O)CC2)c2ccccc2n1. The van der Waals surface area contributed by atoms with Crippen LogP contribution in [0.1, 0.15) is 16.8 Å². The zero-order chi connectivity index (χ0) is 14.8. The lowest BCUT2D eigenvalue weighted by Crippen LogP contribution is -2.34. The number of amides is 2. The normalized spacial score (nSPS) is 15.6. The fourth-order valence-electron chi connectivity index (χ4n) is 2.51. The van der Waals surface area contributed by atoms with Crippen molar-refractivity contribution in [2.45, 2.75) is 6.42 Å². The van der Waals surface area contributed by atoms with E-state index < -0.39 is 0 Å². The Morgan fingerprint density at radius 1 is 1.29 bits per heavy atom. The van der Waals surface area contributed by atoms with E-state index in [0.717, 1.165) is 5.39 Å². The van der Waals surface area contributed by atoms with Gasteiger partial charge in [0, 0.05) is 31.4 Å². The van der Waals surface area contributed by atoms with Crippen LogP contribution in [-0.4, -0.2) is 41.3 Å². The standard InChI is InChI=1S/C15H16N4O2/c16-13-9-11(10-3-1-2-4-12(10)18-13)15(21)19-7-5-14(20)17-6-8-19/h1-4,9H,5-8H2,(H2,16,18)(H,17,20). The van der Waals surface area contributed by atoms with Crippen molar-refractivity contribution in [1.82, 2.24) is 15.2 Å². The number of para-hydroxylation sites is 1. The van der Waals surface area contributed by atoms with Crippen LogP contribution in [0.4, 0.5) is 5.82 Å². The summed E-state index contributed by atoms with van der Waals surface area (Å²) in [5.41, 5.74) is 7.03. The predicted molar refractivity (Wildman–Crippen MR) is 79.7 cm³/mol. The Balaban J connectivity index is 1.99. The molecule has 0 unspecified atom stereocenters. The molecule has 0 aliphatic carbocycles. The van der Waals surface area contributed by atoms with E-state index in [0.29, 0.717) is 43.0 Å². The zero-order valence-corrected chi connectivity index (χ0v) is 11.5. The molecule has 0 atom stereocenters. The van der Waals surface area contributed by atoms with E-state index in [1.54, 1.807) is 11.0 Å². The second-order valence-corrected chi connectivity index (χ2v) is 5.00. The molecule has 2 heterocycles. The third-order valence-electron chi connectivity index (χ3n) is 3.57. The number of fused-ring (bicyclic) bond motifs is 1. The first-order valence-corrected chi connectivity index (χ1v) is 6.86. The summed E-state index contributed by atoms with van der Waals surface area (Å²) in [6.45, 7) is 1.39. The molecule has 1 aromatic heterocycles. The van der Waals surface area contributed by atoms with Gasteiger partial charge in [-0.1, -0.05) is 18.2 Å². The van der Waals surface area contributed by atoms with Crippen molar-refractivity contribution in [3.8, 4) is 0 Å². The summed E-state index contributed by atoms with van der Waals surface area (Å²) in [6, 6.07) is 9.01. The van der Waals surface area contributed by atoms with Crippen molar-refractivity contribution in [2.24, 2.45) is 0 Å². The second-order valence-electron chi connectivity index (χ2n) is 5.00. The quantitative estimate of drug-likeness (QED) is 0.810. The molecule has 1 aliphatic rings. The molecule has 0 bridgehead atoms. The first kappa shape index (κ1) is 13.4. The monoisotopic (exact) mass is 284 g/mol. The molecule has 6 nitrogen and oxygen atoms in total. The van der Waals surface area contributed by atoms with Crippen molar-refractivity contribution in [2.75, 3.05) is 25.4 Å². The van der Waals surface area contributed by atoms with Gasteiger partial charge in [-0.25, -0.2) is 4.98 Å². The number of nitrogen functional groups attached to an aromatic ring is 1. The van der Waals surface area contributed by atoms with Crippen LogP contribution in [0.25, 0.3) is 10.9 Å². The molecule has 1 aliphatic heterocycles. The van der Waals surface area contributed by atoms with Crippen LogP contribution in [0.5, 0.6) is 0 Å². The maximum absolute atomic E-state index is 12.7. The molecule has 3 rings (SSSR count). The summed E-state index contributed by atoms with van der Waals surface area (Å²) in [5.74, 6) is 0.183. The van der Waals surface area contributed by atoms with Crippen LogP contribution < -0.4 is 11.1 Å². The van der Waals surface area contributed by atoms with Gasteiger partial charge in [-0.05, 0) is 12.1 Å². The molecule has 1 saturated heterocycles. The number of benzene rings is 1. The van der Waals surface area contributed by atoms with Crippen molar-refractivity contribution < 1.29 is 9.59 Å². The van der Waals surface area contributed by atoms with E-state index in [4.69, 9.17) is 5.73 Å². The fourth-order valence-corrected chi connectivity index (χ4v) is 2.51. The molecule has 3 N–H and O–H groups in total. The molecule has 0 radical (unpaired) electrons. The minimum absolute atomic E-state index is 0.0237. The zero-order valence-electron chi connectivity index (χ0n) is 11.5. The second kappa shape index (κ2) is 5.40. The fraction of sp³-hybridized carbons (Fsp3) is 0.267. The van der Waals surface area contributed by atoms with Gasteiger partial charge in [-0.15, -0.1) is 0 Å². The number of nitrogens with two attached hydrogens (primary N) is 1. The number of hydrogen-bond donors (Lipinski definition) is 2. The molecule has 21 heavy (non-hydrogen) atoms. The van der Waals surface area contributed by atoms with Crippen LogP contribution in [0.2, 0.25) is 0 Å². The number of carbonyl (C=O) groups excluding carboxylic acids is 2. The largest absolute Gasteiger partial charge is 0.384 e. The summed E-state index contributed by atoms with van der Waals surface area (Å²) >= 11 is 0. The van der Waals surface area contributed by atoms with Gasteiger partial charge in [-0.3, -0.25) is 9.59 Å². The van der Waals surface area contributed by atoms with Crippen molar-refractivity contribution in [3.63, 3.8) is 0 Å². The lowest BCUT2D eigenvalue weighted by atomic mass is 10.1. The van der Waals surface area contributed by atoms with Gasteiger partial charge in [0.1, 0.15) is 5.82 Å². The van der Waals surface area contributed by atoms with Gasteiger partial charge < -0.3 is 16.0 Å². The highest BCUT2D eigenvalue weighted by Crippen LogP contribution is 2.21. The molecular formula is C15H16N4O2. The molecule has 0 saturated carbocycles. The Bertz CT molecular complexity index is 714. The number of rotatable bonds is 1. The lowest BCUT2D eigenvalue weighted by molar-refractivity contribution is -0.120. The average molecular weight is 284 g/mol. The Labute approximate surface area is 121 Å². The van der Waals surface area contributed by atoms with Gasteiger partial charge in [-0.2, -0.15) is 0 Å². The van der Waals surface area contributed by atoms with Crippen molar-refractivity contribution in [3.05, 3.63) is 35.9 Å². The number of hydrogen-bond acceptors (Lipinski definition) is 4. The molecule has 2 aromatic rings. The number of carbonyl (C=O) groups is 2. The van der Waals surface area contributed by atoms with Crippen LogP contribution in [0, 0.1) is 0 Å². The number of aromatic nitrogens is 1. The van der Waals surface area contributed by atoms with Gasteiger partial charge in [0.15, 0.2) is 0 Å². The molecular weight excluding hydrogens is 268 g/mol. The van der Waals surface area contributed by atoms with E-state index >= 15 is 0 Å². The number of anilines is 1. The number of nitrogens with one attached hydrogen (secondary N) is 1. The first-order valence-electron chi connectivity index (χ1n) is 6.86. The van der Waals surface area contributed by atoms with E-state index in [-0.39, 0.29) is 11.8 Å². The summed E-state index contributed by atoms with van der Waals surface area (Å²) in [4.78, 5) is 30.0. The van der Waals surface area contributed by atoms with E-state index in [2.05, 4.69) is 10.3 Å². The van der Waals surface area contributed by atoms with Crippen LogP contribution in [0.15, 0.2) is 30.3 Å². The summed E-state index contributed by atoms with van der Waals surface area (Å²) in [6.07, 6.45) is 0.324. The maximum atomic E-state index is 12.7. The van der Waals surface area contributed by atoms with Gasteiger partial charge >= 0.3 is 0 Å². The molecule has 6 heteroatoms. The van der Waals surface area contributed by atoms with Gasteiger partial charge in [0.05, 0.1) is 11.1 Å². The third kappa shape index (κ3) is 2.65. The molecule has 1 fully saturated rings. The Kier molecular flexibility index (Phi) is 3.43. The minimum Gasteiger partial charge on any atom is -0.384 e. The van der Waals surface area contributed by atoms with E-state index in [9.17, 15) is 9.59 Å². The highest BCUT2D eigenvalue weighted by molar-refractivity contribution is 6.07. The van der Waals surface area contributed by atoms with Crippen LogP contribution in [0.3, 0.4) is 0 Å². The molecule has 108 valence electrons. The first-order chi connectivity index (χ1) is 10.1. The highest BCUT2D eigenvalue weighted by atomic mass is 16.2. The summed E-state index contributed by atoms with van der Waals surface area (Å²) in [5, 5.41) is 3.54. The smallest absolute Gasteiger partial charge is 0.254 e. The van der Waals surface area contributed by atoms with E-state index in [1.807, 2.05) is 24.3 Å². The van der Waals surface area contributed by atoms with Crippen LogP contribution in [-0.2, 0) is 4.79 Å². The summed E-state index contributed by atoms with van der Waals surface area (Å²) in [7, 11) is 0. The van der Waals surface area contributed by atoms with Crippen molar-refractivity contribution >= 4 is 28.5 Å². The minimum atomic E-state index is -0.114.